The summed E-state index contributed by atoms with van der Waals surface area (Å²) in [5.41, 5.74) is 0. The number of carbonyl (C=O) groups is 3. The first kappa shape index (κ1) is 11.7. The van der Waals surface area contributed by atoms with E-state index < -0.39 is 0 Å². The largest absolute Gasteiger partial charge is 0.344 e. The fourth-order valence-corrected chi connectivity index (χ4v) is 1.43. The minimum Gasteiger partial charge on any atom is -0.344 e. The van der Waals surface area contributed by atoms with Crippen LogP contribution in [0.4, 0.5) is 0 Å². The van der Waals surface area contributed by atoms with Crippen LogP contribution in [0.3, 0.4) is 0 Å². The summed E-state index contributed by atoms with van der Waals surface area (Å²) in [5.74, 6) is -0.261. The van der Waals surface area contributed by atoms with Crippen molar-refractivity contribution in [3.05, 3.63) is 0 Å². The van der Waals surface area contributed by atoms with Crippen molar-refractivity contribution < 1.29 is 14.4 Å². The maximum absolute atomic E-state index is 11.5. The minimum absolute atomic E-state index is 0.0618. The molecule has 1 fully saturated rings. The molecule has 0 radical (unpaired) electrons. The third-order valence-corrected chi connectivity index (χ3v) is 2.52. The molecule has 1 saturated heterocycles. The summed E-state index contributed by atoms with van der Waals surface area (Å²) in [6.07, 6.45) is 0.290. The van der Waals surface area contributed by atoms with Gasteiger partial charge in [-0.15, -0.1) is 0 Å². The Bertz CT molecular complexity index is 288. The van der Waals surface area contributed by atoms with Crippen molar-refractivity contribution in [2.24, 2.45) is 0 Å². The summed E-state index contributed by atoms with van der Waals surface area (Å²) in [6, 6.07) is 0. The fraction of sp³-hybridized carbons (Fsp3) is 0.700. The van der Waals surface area contributed by atoms with Crippen molar-refractivity contribution in [2.75, 3.05) is 26.7 Å². The fourth-order valence-electron chi connectivity index (χ4n) is 1.43. The molecule has 5 nitrogen and oxygen atoms in total. The van der Waals surface area contributed by atoms with Crippen LogP contribution in [0, 0.1) is 0 Å². The van der Waals surface area contributed by atoms with E-state index in [1.54, 1.807) is 16.8 Å². The van der Waals surface area contributed by atoms with Gasteiger partial charge in [0, 0.05) is 33.1 Å². The number of likely N-dealkylation sites (N-methyl/N-ethyl adjacent to an activating group) is 1. The van der Waals surface area contributed by atoms with Gasteiger partial charge in [-0.25, -0.2) is 0 Å². The lowest BCUT2D eigenvalue weighted by Gasteiger charge is -2.19. The van der Waals surface area contributed by atoms with E-state index in [-0.39, 0.29) is 24.0 Å². The van der Waals surface area contributed by atoms with Crippen molar-refractivity contribution in [1.29, 1.82) is 0 Å². The van der Waals surface area contributed by atoms with Crippen LogP contribution < -0.4 is 0 Å². The number of amides is 2. The second-order valence-electron chi connectivity index (χ2n) is 3.82. The van der Waals surface area contributed by atoms with E-state index >= 15 is 0 Å². The summed E-state index contributed by atoms with van der Waals surface area (Å²) in [4.78, 5) is 36.8. The first-order valence-electron chi connectivity index (χ1n) is 5.02. The summed E-state index contributed by atoms with van der Waals surface area (Å²) in [5, 5.41) is 0. The molecule has 0 atom stereocenters. The molecule has 1 aliphatic heterocycles. The molecule has 0 aromatic carbocycles. The van der Waals surface area contributed by atoms with Gasteiger partial charge in [-0.1, -0.05) is 0 Å². The average Bonchev–Trinajstić information content (AvgIpc) is 2.26. The predicted molar refractivity (Wildman–Crippen MR) is 54.1 cm³/mol. The molecule has 1 heterocycles. The van der Waals surface area contributed by atoms with Gasteiger partial charge in [-0.05, 0) is 6.92 Å². The summed E-state index contributed by atoms with van der Waals surface area (Å²) >= 11 is 0. The maximum atomic E-state index is 11.5. The Hall–Kier alpha value is -1.39. The number of Topliss-reactive ketones (excluding diaryl/α,β-unsaturated/α-hetero) is 1. The SMILES string of the molecule is CC(=O)CCN1CCN(C)C(=O)CC1=O. The maximum Gasteiger partial charge on any atom is 0.232 e. The lowest BCUT2D eigenvalue weighted by molar-refractivity contribution is -0.136. The molecule has 0 spiro atoms. The highest BCUT2D eigenvalue weighted by Crippen LogP contribution is 2.05. The van der Waals surface area contributed by atoms with Crippen molar-refractivity contribution in [3.63, 3.8) is 0 Å². The third-order valence-electron chi connectivity index (χ3n) is 2.52. The molecule has 2 amide bonds. The second-order valence-corrected chi connectivity index (χ2v) is 3.82. The quantitative estimate of drug-likeness (QED) is 0.601. The minimum atomic E-state index is -0.175. The van der Waals surface area contributed by atoms with Gasteiger partial charge in [0.15, 0.2) is 0 Å². The van der Waals surface area contributed by atoms with E-state index in [0.29, 0.717) is 26.1 Å². The molecule has 84 valence electrons. The van der Waals surface area contributed by atoms with E-state index in [2.05, 4.69) is 0 Å². The van der Waals surface area contributed by atoms with Crippen LogP contribution in [0.5, 0.6) is 0 Å². The molecule has 1 rings (SSSR count). The van der Waals surface area contributed by atoms with Crippen LogP contribution in [0.2, 0.25) is 0 Å². The van der Waals surface area contributed by atoms with E-state index in [1.807, 2.05) is 0 Å². The third kappa shape index (κ3) is 3.34. The molecule has 15 heavy (non-hydrogen) atoms. The Morgan fingerprint density at radius 2 is 1.93 bits per heavy atom. The van der Waals surface area contributed by atoms with Crippen LogP contribution in [0.15, 0.2) is 0 Å². The van der Waals surface area contributed by atoms with Gasteiger partial charge in [-0.2, -0.15) is 0 Å². The average molecular weight is 212 g/mol. The lowest BCUT2D eigenvalue weighted by Crippen LogP contribution is -2.34. The molecular formula is C10H16N2O3. The number of hydrogen-bond acceptors (Lipinski definition) is 3. The van der Waals surface area contributed by atoms with Crippen molar-refractivity contribution >= 4 is 17.6 Å². The van der Waals surface area contributed by atoms with Crippen molar-refractivity contribution in [3.8, 4) is 0 Å². The van der Waals surface area contributed by atoms with Gasteiger partial charge >= 0.3 is 0 Å². The summed E-state index contributed by atoms with van der Waals surface area (Å²) < 4.78 is 0. The second kappa shape index (κ2) is 4.91. The van der Waals surface area contributed by atoms with Gasteiger partial charge in [0.1, 0.15) is 12.2 Å². The topological polar surface area (TPSA) is 57.7 Å². The van der Waals surface area contributed by atoms with Crippen LogP contribution in [0.1, 0.15) is 19.8 Å². The highest BCUT2D eigenvalue weighted by atomic mass is 16.2. The molecule has 1 aliphatic rings. The molecular weight excluding hydrogens is 196 g/mol. The Balaban J connectivity index is 2.54. The zero-order valence-corrected chi connectivity index (χ0v) is 9.15. The monoisotopic (exact) mass is 212 g/mol. The molecule has 0 aromatic rings. The van der Waals surface area contributed by atoms with E-state index in [9.17, 15) is 14.4 Å². The number of ketones is 1. The number of hydrogen-bond donors (Lipinski definition) is 0. The first-order valence-corrected chi connectivity index (χ1v) is 5.02. The highest BCUT2D eigenvalue weighted by molar-refractivity contribution is 5.97. The number of rotatable bonds is 3. The molecule has 0 N–H and O–H groups in total. The highest BCUT2D eigenvalue weighted by Gasteiger charge is 2.24. The Labute approximate surface area is 89.0 Å². The van der Waals surface area contributed by atoms with Gasteiger partial charge in [0.25, 0.3) is 0 Å². The Kier molecular flexibility index (Phi) is 3.82. The van der Waals surface area contributed by atoms with Crippen LogP contribution >= 0.6 is 0 Å². The van der Waals surface area contributed by atoms with Gasteiger partial charge in [0.05, 0.1) is 0 Å². The van der Waals surface area contributed by atoms with Crippen LogP contribution in [-0.4, -0.2) is 54.1 Å². The molecule has 5 heteroatoms. The van der Waals surface area contributed by atoms with Crippen molar-refractivity contribution in [1.82, 2.24) is 9.80 Å². The Morgan fingerprint density at radius 3 is 2.53 bits per heavy atom. The van der Waals surface area contributed by atoms with Crippen LogP contribution in [-0.2, 0) is 14.4 Å². The summed E-state index contributed by atoms with van der Waals surface area (Å²) in [6.45, 7) is 2.99. The number of nitrogens with zero attached hydrogens (tertiary/aromatic N) is 2. The van der Waals surface area contributed by atoms with E-state index in [1.165, 1.54) is 6.92 Å². The molecule has 0 saturated carbocycles. The van der Waals surface area contributed by atoms with Gasteiger partial charge in [-0.3, -0.25) is 14.4 Å². The molecule has 0 unspecified atom stereocenters. The molecule has 0 aliphatic carbocycles. The Morgan fingerprint density at radius 1 is 1.27 bits per heavy atom. The van der Waals surface area contributed by atoms with Gasteiger partial charge in [0.2, 0.25) is 11.8 Å². The molecule has 0 aromatic heterocycles. The predicted octanol–water partition coefficient (Wildman–Crippen LogP) is -0.344. The zero-order valence-electron chi connectivity index (χ0n) is 9.15. The van der Waals surface area contributed by atoms with E-state index in [0.717, 1.165) is 0 Å². The first-order chi connectivity index (χ1) is 7.00. The smallest absolute Gasteiger partial charge is 0.232 e. The van der Waals surface area contributed by atoms with Crippen LogP contribution in [0.25, 0.3) is 0 Å². The lowest BCUT2D eigenvalue weighted by atomic mass is 10.3. The zero-order chi connectivity index (χ0) is 11.4. The van der Waals surface area contributed by atoms with Gasteiger partial charge < -0.3 is 9.80 Å². The standard InChI is InChI=1S/C10H16N2O3/c1-8(13)3-4-12-6-5-11(2)9(14)7-10(12)15/h3-7H2,1-2H3. The molecule has 0 bridgehead atoms. The van der Waals surface area contributed by atoms with Crippen molar-refractivity contribution in [2.45, 2.75) is 19.8 Å². The normalized spacial score (nSPS) is 18.0. The number of carbonyl (C=O) groups excluding carboxylic acids is 3. The summed E-state index contributed by atoms with van der Waals surface area (Å²) in [7, 11) is 1.68. The van der Waals surface area contributed by atoms with E-state index in [4.69, 9.17) is 0 Å².